The van der Waals surface area contributed by atoms with Crippen LogP contribution in [0.1, 0.15) is 30.0 Å². The summed E-state index contributed by atoms with van der Waals surface area (Å²) >= 11 is 6.06. The van der Waals surface area contributed by atoms with Gasteiger partial charge in [-0.3, -0.25) is 0 Å². The number of hydrogen-bond acceptors (Lipinski definition) is 4. The number of rotatable bonds is 5. The molecule has 0 amide bonds. The van der Waals surface area contributed by atoms with Crippen molar-refractivity contribution in [2.45, 2.75) is 26.1 Å². The summed E-state index contributed by atoms with van der Waals surface area (Å²) in [6.07, 6.45) is 2.79. The molecule has 1 aromatic heterocycles. The fraction of sp³-hybridized carbons (Fsp3) is 0.300. The van der Waals surface area contributed by atoms with Gasteiger partial charge in [-0.1, -0.05) is 48.0 Å². The number of ether oxygens (including phenoxy) is 1. The van der Waals surface area contributed by atoms with Crippen molar-refractivity contribution in [1.29, 1.82) is 0 Å². The Hall–Kier alpha value is -2.37. The zero-order chi connectivity index (χ0) is 17.9. The molecular formula is C20H21ClN4O. The second-order valence-corrected chi connectivity index (χ2v) is 6.84. The van der Waals surface area contributed by atoms with Crippen LogP contribution in [0.5, 0.6) is 0 Å². The van der Waals surface area contributed by atoms with Gasteiger partial charge < -0.3 is 9.64 Å². The summed E-state index contributed by atoms with van der Waals surface area (Å²) in [6.45, 7) is 4.32. The van der Waals surface area contributed by atoms with Gasteiger partial charge in [0, 0.05) is 17.3 Å². The zero-order valence-corrected chi connectivity index (χ0v) is 15.4. The Morgan fingerprint density at radius 1 is 1.15 bits per heavy atom. The van der Waals surface area contributed by atoms with E-state index in [0.717, 1.165) is 34.9 Å². The van der Waals surface area contributed by atoms with Crippen LogP contribution < -0.4 is 4.90 Å². The van der Waals surface area contributed by atoms with Crippen LogP contribution >= 0.6 is 11.6 Å². The summed E-state index contributed by atoms with van der Waals surface area (Å²) in [4.78, 5) is 2.23. The molecule has 1 aliphatic heterocycles. The number of nitrogens with zero attached hydrogens (tertiary/aromatic N) is 4. The van der Waals surface area contributed by atoms with Crippen molar-refractivity contribution < 1.29 is 4.74 Å². The summed E-state index contributed by atoms with van der Waals surface area (Å²) in [5.41, 5.74) is 4.39. The second-order valence-electron chi connectivity index (χ2n) is 6.41. The Kier molecular flexibility index (Phi) is 4.91. The summed E-state index contributed by atoms with van der Waals surface area (Å²) in [5.74, 6) is 0. The van der Waals surface area contributed by atoms with Crippen LogP contribution in [-0.4, -0.2) is 28.1 Å². The molecule has 3 aromatic rings. The van der Waals surface area contributed by atoms with Crippen molar-refractivity contribution in [2.75, 3.05) is 18.1 Å². The molecule has 0 spiro atoms. The Bertz CT molecular complexity index is 878. The van der Waals surface area contributed by atoms with Gasteiger partial charge in [-0.05, 0) is 41.8 Å². The van der Waals surface area contributed by atoms with E-state index in [-0.39, 0.29) is 6.23 Å². The minimum Gasteiger partial charge on any atom is -0.350 e. The first kappa shape index (κ1) is 17.1. The molecule has 0 saturated carbocycles. The normalized spacial score (nSPS) is 17.0. The molecule has 4 rings (SSSR count). The predicted octanol–water partition coefficient (Wildman–Crippen LogP) is 4.08. The zero-order valence-electron chi connectivity index (χ0n) is 14.7. The first-order valence-electron chi connectivity index (χ1n) is 8.84. The lowest BCUT2D eigenvalue weighted by atomic mass is 10.1. The van der Waals surface area contributed by atoms with E-state index < -0.39 is 0 Å². The lowest BCUT2D eigenvalue weighted by Gasteiger charge is -2.23. The lowest BCUT2D eigenvalue weighted by molar-refractivity contribution is 0.110. The molecule has 1 saturated heterocycles. The van der Waals surface area contributed by atoms with Crippen LogP contribution in [0.15, 0.2) is 54.7 Å². The highest BCUT2D eigenvalue weighted by Crippen LogP contribution is 2.31. The molecule has 5 nitrogen and oxygen atoms in total. The molecule has 2 heterocycles. The molecular weight excluding hydrogens is 348 g/mol. The molecule has 0 unspecified atom stereocenters. The van der Waals surface area contributed by atoms with E-state index in [2.05, 4.69) is 46.4 Å². The first-order chi connectivity index (χ1) is 12.7. The average molecular weight is 369 g/mol. The smallest absolute Gasteiger partial charge is 0.177 e. The maximum absolute atomic E-state index is 6.06. The minimum atomic E-state index is -0.199. The van der Waals surface area contributed by atoms with Crippen molar-refractivity contribution in [3.63, 3.8) is 0 Å². The third-order valence-electron chi connectivity index (χ3n) is 4.61. The molecule has 1 aliphatic rings. The summed E-state index contributed by atoms with van der Waals surface area (Å²) in [5, 5.41) is 9.32. The van der Waals surface area contributed by atoms with E-state index in [1.807, 2.05) is 35.1 Å². The van der Waals surface area contributed by atoms with Gasteiger partial charge >= 0.3 is 0 Å². The average Bonchev–Trinajstić information content (AvgIpc) is 3.31. The number of anilines is 1. The van der Waals surface area contributed by atoms with Crippen LogP contribution in [0.4, 0.5) is 5.69 Å². The molecule has 26 heavy (non-hydrogen) atoms. The van der Waals surface area contributed by atoms with Gasteiger partial charge in [-0.15, -0.1) is 5.10 Å². The molecule has 2 aromatic carbocycles. The van der Waals surface area contributed by atoms with Gasteiger partial charge in [0.2, 0.25) is 0 Å². The molecule has 0 aliphatic carbocycles. The highest BCUT2D eigenvalue weighted by Gasteiger charge is 2.29. The van der Waals surface area contributed by atoms with Crippen molar-refractivity contribution in [1.82, 2.24) is 15.0 Å². The fourth-order valence-corrected chi connectivity index (χ4v) is 3.44. The van der Waals surface area contributed by atoms with Gasteiger partial charge in [0.15, 0.2) is 6.23 Å². The SMILES string of the molecule is CCc1ccc(N2CCO[C@@H]2c2cn(Cc3cccc(Cl)c3)nn2)cc1. The standard InChI is InChI=1S/C20H21ClN4O/c1-2-15-6-8-18(9-7-15)25-10-11-26-20(25)19-14-24(23-22-19)13-16-4-3-5-17(21)12-16/h3-9,12,14,20H,2,10-11,13H2,1H3/t20-/m1/s1. The van der Waals surface area contributed by atoms with E-state index in [1.165, 1.54) is 5.56 Å². The van der Waals surface area contributed by atoms with Gasteiger partial charge in [0.1, 0.15) is 5.69 Å². The summed E-state index contributed by atoms with van der Waals surface area (Å²) in [6, 6.07) is 16.4. The first-order valence-corrected chi connectivity index (χ1v) is 9.22. The largest absolute Gasteiger partial charge is 0.350 e. The Morgan fingerprint density at radius 2 is 2.00 bits per heavy atom. The number of hydrogen-bond donors (Lipinski definition) is 0. The molecule has 134 valence electrons. The van der Waals surface area contributed by atoms with Crippen LogP contribution in [0, 0.1) is 0 Å². The van der Waals surface area contributed by atoms with Gasteiger partial charge in [0.25, 0.3) is 0 Å². The fourth-order valence-electron chi connectivity index (χ4n) is 3.23. The van der Waals surface area contributed by atoms with Crippen molar-refractivity contribution >= 4 is 17.3 Å². The predicted molar refractivity (Wildman–Crippen MR) is 102 cm³/mol. The third-order valence-corrected chi connectivity index (χ3v) is 4.85. The Labute approximate surface area is 158 Å². The van der Waals surface area contributed by atoms with Crippen LogP contribution in [0.3, 0.4) is 0 Å². The van der Waals surface area contributed by atoms with Crippen LogP contribution in [0.25, 0.3) is 0 Å². The van der Waals surface area contributed by atoms with Crippen LogP contribution in [-0.2, 0) is 17.7 Å². The van der Waals surface area contributed by atoms with Crippen molar-refractivity contribution in [3.8, 4) is 0 Å². The molecule has 6 heteroatoms. The van der Waals surface area contributed by atoms with Crippen LogP contribution in [0.2, 0.25) is 5.02 Å². The lowest BCUT2D eigenvalue weighted by Crippen LogP contribution is -2.23. The number of aromatic nitrogens is 3. The van der Waals surface area contributed by atoms with Gasteiger partial charge in [-0.2, -0.15) is 0 Å². The van der Waals surface area contributed by atoms with E-state index in [1.54, 1.807) is 0 Å². The monoisotopic (exact) mass is 368 g/mol. The van der Waals surface area contributed by atoms with E-state index in [4.69, 9.17) is 16.3 Å². The minimum absolute atomic E-state index is 0.199. The highest BCUT2D eigenvalue weighted by molar-refractivity contribution is 6.30. The molecule has 1 fully saturated rings. The summed E-state index contributed by atoms with van der Waals surface area (Å²) < 4.78 is 7.75. The third kappa shape index (κ3) is 3.59. The number of aryl methyl sites for hydroxylation is 1. The number of halogens is 1. The molecule has 0 N–H and O–H groups in total. The van der Waals surface area contributed by atoms with E-state index in [0.29, 0.717) is 13.2 Å². The number of benzene rings is 2. The quantitative estimate of drug-likeness (QED) is 0.680. The van der Waals surface area contributed by atoms with Crippen molar-refractivity contribution in [3.05, 3.63) is 76.6 Å². The molecule has 0 radical (unpaired) electrons. The van der Waals surface area contributed by atoms with Gasteiger partial charge in [0.05, 0.1) is 19.3 Å². The maximum atomic E-state index is 6.06. The Balaban J connectivity index is 1.52. The summed E-state index contributed by atoms with van der Waals surface area (Å²) in [7, 11) is 0. The second kappa shape index (κ2) is 7.48. The van der Waals surface area contributed by atoms with E-state index in [9.17, 15) is 0 Å². The molecule has 1 atom stereocenters. The molecule has 0 bridgehead atoms. The van der Waals surface area contributed by atoms with E-state index >= 15 is 0 Å². The van der Waals surface area contributed by atoms with Gasteiger partial charge in [-0.25, -0.2) is 4.68 Å². The highest BCUT2D eigenvalue weighted by atomic mass is 35.5. The maximum Gasteiger partial charge on any atom is 0.177 e. The topological polar surface area (TPSA) is 43.2 Å². The Morgan fingerprint density at radius 3 is 2.77 bits per heavy atom. The van der Waals surface area contributed by atoms with Crippen molar-refractivity contribution in [2.24, 2.45) is 0 Å².